The number of carbonyl (C=O) groups is 1. The normalized spacial score (nSPS) is 15.8. The summed E-state index contributed by atoms with van der Waals surface area (Å²) in [6.07, 6.45) is 0. The van der Waals surface area contributed by atoms with E-state index in [2.05, 4.69) is 10.1 Å². The molecular weight excluding hydrogens is 262 g/mol. The summed E-state index contributed by atoms with van der Waals surface area (Å²) in [4.78, 5) is 17.0. The highest BCUT2D eigenvalue weighted by atomic mass is 32.1. The smallest absolute Gasteiger partial charge is 0.264 e. The van der Waals surface area contributed by atoms with Gasteiger partial charge in [0.1, 0.15) is 5.76 Å². The van der Waals surface area contributed by atoms with E-state index < -0.39 is 0 Å². The first-order chi connectivity index (χ1) is 9.24. The molecule has 2 aromatic rings. The number of piperazine rings is 1. The van der Waals surface area contributed by atoms with Crippen LogP contribution in [-0.4, -0.2) is 42.1 Å². The van der Waals surface area contributed by atoms with Gasteiger partial charge in [-0.2, -0.15) is 0 Å². The van der Waals surface area contributed by atoms with Crippen LogP contribution in [0.15, 0.2) is 28.1 Å². The van der Waals surface area contributed by atoms with Crippen LogP contribution in [0.25, 0.3) is 0 Å². The summed E-state index contributed by atoms with van der Waals surface area (Å²) in [5, 5.41) is 5.94. The summed E-state index contributed by atoms with van der Waals surface area (Å²) >= 11 is 1.49. The van der Waals surface area contributed by atoms with E-state index in [1.54, 1.807) is 0 Å². The van der Waals surface area contributed by atoms with Crippen LogP contribution in [-0.2, 0) is 0 Å². The molecule has 0 aromatic carbocycles. The van der Waals surface area contributed by atoms with Crippen LogP contribution >= 0.6 is 11.3 Å². The summed E-state index contributed by atoms with van der Waals surface area (Å²) < 4.78 is 5.08. The standard InChI is InChI=1S/C13H15N3O2S/c1-10-9-12(14-18-10)15-4-6-16(7-5-15)13(17)11-3-2-8-19-11/h2-3,8-9H,4-7H2,1H3. The molecule has 19 heavy (non-hydrogen) atoms. The fourth-order valence-corrected chi connectivity index (χ4v) is 2.89. The molecule has 0 bridgehead atoms. The van der Waals surface area contributed by atoms with Crippen molar-refractivity contribution in [2.75, 3.05) is 31.1 Å². The van der Waals surface area contributed by atoms with Crippen molar-refractivity contribution in [1.82, 2.24) is 10.1 Å². The van der Waals surface area contributed by atoms with Crippen molar-refractivity contribution in [2.45, 2.75) is 6.92 Å². The highest BCUT2D eigenvalue weighted by molar-refractivity contribution is 7.12. The average Bonchev–Trinajstić information content (AvgIpc) is 3.09. The molecule has 0 aliphatic carbocycles. The van der Waals surface area contributed by atoms with E-state index in [1.807, 2.05) is 35.4 Å². The van der Waals surface area contributed by atoms with Gasteiger partial charge in [0, 0.05) is 32.2 Å². The maximum Gasteiger partial charge on any atom is 0.264 e. The third-order valence-electron chi connectivity index (χ3n) is 3.24. The number of thiophene rings is 1. The fourth-order valence-electron chi connectivity index (χ4n) is 2.20. The maximum atomic E-state index is 12.2. The van der Waals surface area contributed by atoms with Gasteiger partial charge in [0.05, 0.1) is 4.88 Å². The maximum absolute atomic E-state index is 12.2. The highest BCUT2D eigenvalue weighted by Crippen LogP contribution is 2.18. The second-order valence-corrected chi connectivity index (χ2v) is 5.50. The number of carbonyl (C=O) groups excluding carboxylic acids is 1. The van der Waals surface area contributed by atoms with Gasteiger partial charge in [0.2, 0.25) is 0 Å². The van der Waals surface area contributed by atoms with E-state index in [-0.39, 0.29) is 5.91 Å². The Hall–Kier alpha value is -1.82. The average molecular weight is 277 g/mol. The van der Waals surface area contributed by atoms with Gasteiger partial charge in [0.25, 0.3) is 5.91 Å². The Balaban J connectivity index is 1.62. The van der Waals surface area contributed by atoms with Crippen molar-refractivity contribution in [3.63, 3.8) is 0 Å². The summed E-state index contributed by atoms with van der Waals surface area (Å²) in [6, 6.07) is 5.71. The minimum Gasteiger partial charge on any atom is -0.360 e. The number of hydrogen-bond donors (Lipinski definition) is 0. The van der Waals surface area contributed by atoms with E-state index in [0.29, 0.717) is 0 Å². The Morgan fingerprint density at radius 1 is 1.37 bits per heavy atom. The zero-order valence-electron chi connectivity index (χ0n) is 10.7. The predicted molar refractivity (Wildman–Crippen MR) is 73.7 cm³/mol. The number of rotatable bonds is 2. The first-order valence-corrected chi connectivity index (χ1v) is 7.13. The third kappa shape index (κ3) is 2.49. The van der Waals surface area contributed by atoms with E-state index >= 15 is 0 Å². The van der Waals surface area contributed by atoms with Crippen molar-refractivity contribution in [2.24, 2.45) is 0 Å². The minimum absolute atomic E-state index is 0.131. The van der Waals surface area contributed by atoms with Crippen LogP contribution < -0.4 is 4.90 Å². The molecule has 3 heterocycles. The molecule has 3 rings (SSSR count). The van der Waals surface area contributed by atoms with Crippen molar-refractivity contribution >= 4 is 23.1 Å². The van der Waals surface area contributed by atoms with Crippen LogP contribution in [0, 0.1) is 6.92 Å². The van der Waals surface area contributed by atoms with Crippen LogP contribution in [0.1, 0.15) is 15.4 Å². The number of aryl methyl sites for hydroxylation is 1. The van der Waals surface area contributed by atoms with E-state index in [9.17, 15) is 4.79 Å². The Morgan fingerprint density at radius 2 is 2.16 bits per heavy atom. The molecule has 2 aromatic heterocycles. The summed E-state index contributed by atoms with van der Waals surface area (Å²) in [5.41, 5.74) is 0. The molecule has 6 heteroatoms. The van der Waals surface area contributed by atoms with Gasteiger partial charge in [-0.15, -0.1) is 11.3 Å². The van der Waals surface area contributed by atoms with Crippen LogP contribution in [0.3, 0.4) is 0 Å². The molecule has 1 fully saturated rings. The minimum atomic E-state index is 0.131. The van der Waals surface area contributed by atoms with E-state index in [4.69, 9.17) is 4.52 Å². The molecule has 0 N–H and O–H groups in total. The van der Waals surface area contributed by atoms with Crippen molar-refractivity contribution in [3.05, 3.63) is 34.2 Å². The number of aromatic nitrogens is 1. The van der Waals surface area contributed by atoms with Crippen LogP contribution in [0.4, 0.5) is 5.82 Å². The zero-order valence-corrected chi connectivity index (χ0v) is 11.5. The molecule has 1 aliphatic heterocycles. The van der Waals surface area contributed by atoms with E-state index in [1.165, 1.54) is 11.3 Å². The van der Waals surface area contributed by atoms with Gasteiger partial charge in [0.15, 0.2) is 5.82 Å². The lowest BCUT2D eigenvalue weighted by Crippen LogP contribution is -2.48. The molecule has 0 radical (unpaired) electrons. The van der Waals surface area contributed by atoms with Crippen molar-refractivity contribution in [1.29, 1.82) is 0 Å². The van der Waals surface area contributed by atoms with Gasteiger partial charge in [-0.3, -0.25) is 4.79 Å². The molecular formula is C13H15N3O2S. The number of nitrogens with zero attached hydrogens (tertiary/aromatic N) is 3. The Bertz CT molecular complexity index is 556. The SMILES string of the molecule is Cc1cc(N2CCN(C(=O)c3cccs3)CC2)no1. The highest BCUT2D eigenvalue weighted by Gasteiger charge is 2.23. The second-order valence-electron chi connectivity index (χ2n) is 4.55. The summed E-state index contributed by atoms with van der Waals surface area (Å²) in [7, 11) is 0. The monoisotopic (exact) mass is 277 g/mol. The Morgan fingerprint density at radius 3 is 2.74 bits per heavy atom. The largest absolute Gasteiger partial charge is 0.360 e. The first kappa shape index (κ1) is 12.2. The van der Waals surface area contributed by atoms with E-state index in [0.717, 1.165) is 42.6 Å². The fraction of sp³-hybridized carbons (Fsp3) is 0.385. The third-order valence-corrected chi connectivity index (χ3v) is 4.10. The molecule has 1 amide bonds. The number of anilines is 1. The predicted octanol–water partition coefficient (Wildman–Crippen LogP) is 2.01. The lowest BCUT2D eigenvalue weighted by Gasteiger charge is -2.34. The molecule has 1 saturated heterocycles. The van der Waals surface area contributed by atoms with Gasteiger partial charge >= 0.3 is 0 Å². The molecule has 1 aliphatic rings. The van der Waals surface area contributed by atoms with Gasteiger partial charge in [-0.25, -0.2) is 0 Å². The Kier molecular flexibility index (Phi) is 3.25. The summed E-state index contributed by atoms with van der Waals surface area (Å²) in [5.74, 6) is 1.80. The lowest BCUT2D eigenvalue weighted by molar-refractivity contribution is 0.0751. The molecule has 5 nitrogen and oxygen atoms in total. The Labute approximate surface area is 115 Å². The van der Waals surface area contributed by atoms with Crippen LogP contribution in [0.2, 0.25) is 0 Å². The lowest BCUT2D eigenvalue weighted by atomic mass is 10.3. The molecule has 100 valence electrons. The molecule has 0 unspecified atom stereocenters. The first-order valence-electron chi connectivity index (χ1n) is 6.25. The zero-order chi connectivity index (χ0) is 13.2. The van der Waals surface area contributed by atoms with Crippen molar-refractivity contribution < 1.29 is 9.32 Å². The summed E-state index contributed by atoms with van der Waals surface area (Å²) in [6.45, 7) is 4.92. The second kappa shape index (κ2) is 5.05. The van der Waals surface area contributed by atoms with Gasteiger partial charge in [-0.1, -0.05) is 11.2 Å². The quantitative estimate of drug-likeness (QED) is 0.842. The van der Waals surface area contributed by atoms with Crippen LogP contribution in [0.5, 0.6) is 0 Å². The number of hydrogen-bond acceptors (Lipinski definition) is 5. The molecule has 0 saturated carbocycles. The van der Waals surface area contributed by atoms with Crippen molar-refractivity contribution in [3.8, 4) is 0 Å². The topological polar surface area (TPSA) is 49.6 Å². The number of amides is 1. The van der Waals surface area contributed by atoms with Gasteiger partial charge < -0.3 is 14.3 Å². The van der Waals surface area contributed by atoms with Gasteiger partial charge in [-0.05, 0) is 18.4 Å². The molecule has 0 atom stereocenters. The molecule has 0 spiro atoms.